The maximum atomic E-state index is 11.5. The van der Waals surface area contributed by atoms with Crippen molar-refractivity contribution in [2.45, 2.75) is 19.1 Å². The summed E-state index contributed by atoms with van der Waals surface area (Å²) in [6, 6.07) is 3.70. The van der Waals surface area contributed by atoms with Crippen LogP contribution in [0.4, 0.5) is 0 Å². The highest BCUT2D eigenvalue weighted by Crippen LogP contribution is 2.21. The van der Waals surface area contributed by atoms with Gasteiger partial charge in [-0.1, -0.05) is 0 Å². The number of nitrogens with one attached hydrogen (secondary N) is 2. The van der Waals surface area contributed by atoms with E-state index in [2.05, 4.69) is 15.5 Å². The molecule has 92 valence electrons. The van der Waals surface area contributed by atoms with Gasteiger partial charge in [0.1, 0.15) is 0 Å². The molecule has 17 heavy (non-hydrogen) atoms. The Kier molecular flexibility index (Phi) is 3.55. The van der Waals surface area contributed by atoms with Crippen LogP contribution in [0.1, 0.15) is 19.0 Å². The Balaban J connectivity index is 1.78. The number of hydrazone groups is 1. The van der Waals surface area contributed by atoms with Crippen LogP contribution in [0.25, 0.3) is 0 Å². The van der Waals surface area contributed by atoms with E-state index < -0.39 is 5.79 Å². The number of hydrogen-bond acceptors (Lipinski definition) is 4. The van der Waals surface area contributed by atoms with Crippen molar-refractivity contribution in [3.05, 3.63) is 24.0 Å². The molecule has 6 nitrogen and oxygen atoms in total. The molecule has 0 unspecified atom stereocenters. The monoisotopic (exact) mass is 237 g/mol. The fourth-order valence-electron chi connectivity index (χ4n) is 1.59. The summed E-state index contributed by atoms with van der Waals surface area (Å²) in [5.74, 6) is -1.05. The molecule has 1 saturated heterocycles. The van der Waals surface area contributed by atoms with Crippen molar-refractivity contribution >= 4 is 12.1 Å². The van der Waals surface area contributed by atoms with Gasteiger partial charge in [-0.3, -0.25) is 4.79 Å². The SMILES string of the molecule is CC1(CC(=O)N/N=C/c2ccc[nH]2)OCCO1. The van der Waals surface area contributed by atoms with Crippen molar-refractivity contribution in [1.29, 1.82) is 0 Å². The van der Waals surface area contributed by atoms with Crippen molar-refractivity contribution in [2.24, 2.45) is 5.10 Å². The molecule has 1 aliphatic rings. The Labute approximate surface area is 99.0 Å². The van der Waals surface area contributed by atoms with E-state index >= 15 is 0 Å². The second-order valence-corrected chi connectivity index (χ2v) is 3.93. The van der Waals surface area contributed by atoms with Crippen molar-refractivity contribution in [1.82, 2.24) is 10.4 Å². The van der Waals surface area contributed by atoms with Crippen molar-refractivity contribution < 1.29 is 14.3 Å². The molecule has 0 radical (unpaired) electrons. The predicted molar refractivity (Wildman–Crippen MR) is 61.5 cm³/mol. The fraction of sp³-hybridized carbons (Fsp3) is 0.455. The number of H-pyrrole nitrogens is 1. The van der Waals surface area contributed by atoms with Gasteiger partial charge in [0, 0.05) is 6.20 Å². The zero-order valence-corrected chi connectivity index (χ0v) is 9.60. The number of aromatic amines is 1. The van der Waals surface area contributed by atoms with E-state index in [1.165, 1.54) is 6.21 Å². The van der Waals surface area contributed by atoms with E-state index in [0.29, 0.717) is 13.2 Å². The lowest BCUT2D eigenvalue weighted by Gasteiger charge is -2.20. The number of aromatic nitrogens is 1. The Morgan fingerprint density at radius 1 is 1.65 bits per heavy atom. The van der Waals surface area contributed by atoms with Crippen LogP contribution in [0.3, 0.4) is 0 Å². The Morgan fingerprint density at radius 3 is 3.06 bits per heavy atom. The first-order valence-electron chi connectivity index (χ1n) is 5.41. The summed E-state index contributed by atoms with van der Waals surface area (Å²) in [7, 11) is 0. The van der Waals surface area contributed by atoms with Crippen LogP contribution in [-0.4, -0.2) is 36.1 Å². The predicted octanol–water partition coefficient (Wildman–Crippen LogP) is 0.618. The zero-order chi connectivity index (χ0) is 12.1. The van der Waals surface area contributed by atoms with Crippen LogP contribution < -0.4 is 5.43 Å². The molecule has 6 heteroatoms. The number of amides is 1. The molecule has 2 heterocycles. The lowest BCUT2D eigenvalue weighted by atomic mass is 10.2. The third-order valence-corrected chi connectivity index (χ3v) is 2.39. The number of rotatable bonds is 4. The number of carbonyl (C=O) groups is 1. The molecule has 2 N–H and O–H groups in total. The molecule has 1 aromatic rings. The Hall–Kier alpha value is -1.66. The largest absolute Gasteiger partial charge is 0.360 e. The van der Waals surface area contributed by atoms with Gasteiger partial charge in [0.25, 0.3) is 0 Å². The molecule has 1 fully saturated rings. The molecule has 0 saturated carbocycles. The third-order valence-electron chi connectivity index (χ3n) is 2.39. The van der Waals surface area contributed by atoms with Gasteiger partial charge in [-0.2, -0.15) is 5.10 Å². The molecule has 2 rings (SSSR count). The minimum absolute atomic E-state index is 0.134. The number of ether oxygens (including phenoxy) is 2. The van der Waals surface area contributed by atoms with E-state index in [0.717, 1.165) is 5.69 Å². The van der Waals surface area contributed by atoms with Gasteiger partial charge in [0.05, 0.1) is 31.5 Å². The van der Waals surface area contributed by atoms with Gasteiger partial charge in [-0.25, -0.2) is 5.43 Å². The molecule has 0 spiro atoms. The molecule has 0 aliphatic carbocycles. The minimum Gasteiger partial charge on any atom is -0.360 e. The van der Waals surface area contributed by atoms with Crippen LogP contribution in [0, 0.1) is 0 Å². The van der Waals surface area contributed by atoms with Crippen molar-refractivity contribution in [3.8, 4) is 0 Å². The first-order chi connectivity index (χ1) is 8.18. The highest BCUT2D eigenvalue weighted by molar-refractivity contribution is 5.81. The highest BCUT2D eigenvalue weighted by Gasteiger charge is 2.33. The summed E-state index contributed by atoms with van der Waals surface area (Å²) in [6.07, 6.45) is 3.45. The summed E-state index contributed by atoms with van der Waals surface area (Å²) < 4.78 is 10.6. The van der Waals surface area contributed by atoms with E-state index in [-0.39, 0.29) is 12.3 Å². The molecule has 0 atom stereocenters. The molecule has 1 aromatic heterocycles. The fourth-order valence-corrected chi connectivity index (χ4v) is 1.59. The van der Waals surface area contributed by atoms with Crippen LogP contribution in [0.5, 0.6) is 0 Å². The van der Waals surface area contributed by atoms with Gasteiger partial charge in [-0.05, 0) is 19.1 Å². The van der Waals surface area contributed by atoms with Gasteiger partial charge in [0.2, 0.25) is 5.91 Å². The second-order valence-electron chi connectivity index (χ2n) is 3.93. The summed E-state index contributed by atoms with van der Waals surface area (Å²) in [5, 5.41) is 3.82. The number of nitrogens with zero attached hydrogens (tertiary/aromatic N) is 1. The van der Waals surface area contributed by atoms with E-state index in [9.17, 15) is 4.79 Å². The molecule has 0 bridgehead atoms. The van der Waals surface area contributed by atoms with E-state index in [1.807, 2.05) is 12.1 Å². The Bertz CT molecular complexity index is 394. The summed E-state index contributed by atoms with van der Waals surface area (Å²) in [4.78, 5) is 14.5. The standard InChI is InChI=1S/C11H15N3O3/c1-11(16-5-6-17-11)7-10(15)14-13-8-9-3-2-4-12-9/h2-4,8,12H,5-7H2,1H3,(H,14,15)/b13-8+. The first-order valence-corrected chi connectivity index (χ1v) is 5.41. The normalized spacial score (nSPS) is 18.6. The average Bonchev–Trinajstić information content (AvgIpc) is 2.90. The topological polar surface area (TPSA) is 75.7 Å². The summed E-state index contributed by atoms with van der Waals surface area (Å²) in [6.45, 7) is 2.79. The van der Waals surface area contributed by atoms with Gasteiger partial charge < -0.3 is 14.5 Å². The smallest absolute Gasteiger partial charge is 0.245 e. The molecular formula is C11H15N3O3. The molecule has 1 aliphatic heterocycles. The van der Waals surface area contributed by atoms with Crippen molar-refractivity contribution in [2.75, 3.05) is 13.2 Å². The van der Waals surface area contributed by atoms with Crippen LogP contribution in [-0.2, 0) is 14.3 Å². The summed E-state index contributed by atoms with van der Waals surface area (Å²) in [5.41, 5.74) is 3.25. The molecule has 1 amide bonds. The molecular weight excluding hydrogens is 222 g/mol. The first kappa shape index (κ1) is 11.8. The highest BCUT2D eigenvalue weighted by atomic mass is 16.7. The lowest BCUT2D eigenvalue weighted by molar-refractivity contribution is -0.159. The van der Waals surface area contributed by atoms with Gasteiger partial charge >= 0.3 is 0 Å². The van der Waals surface area contributed by atoms with Crippen LogP contribution in [0.2, 0.25) is 0 Å². The number of hydrogen-bond donors (Lipinski definition) is 2. The maximum Gasteiger partial charge on any atom is 0.245 e. The van der Waals surface area contributed by atoms with Gasteiger partial charge in [0.15, 0.2) is 5.79 Å². The van der Waals surface area contributed by atoms with Crippen LogP contribution in [0.15, 0.2) is 23.4 Å². The van der Waals surface area contributed by atoms with Crippen molar-refractivity contribution in [3.63, 3.8) is 0 Å². The van der Waals surface area contributed by atoms with Crippen LogP contribution >= 0.6 is 0 Å². The van der Waals surface area contributed by atoms with Gasteiger partial charge in [-0.15, -0.1) is 0 Å². The average molecular weight is 237 g/mol. The maximum absolute atomic E-state index is 11.5. The number of carbonyl (C=O) groups excluding carboxylic acids is 1. The minimum atomic E-state index is -0.813. The summed E-state index contributed by atoms with van der Waals surface area (Å²) >= 11 is 0. The van der Waals surface area contributed by atoms with E-state index in [4.69, 9.17) is 9.47 Å². The Morgan fingerprint density at radius 2 is 2.41 bits per heavy atom. The molecule has 0 aromatic carbocycles. The zero-order valence-electron chi connectivity index (χ0n) is 9.60. The second kappa shape index (κ2) is 5.11. The van der Waals surface area contributed by atoms with E-state index in [1.54, 1.807) is 13.1 Å². The third kappa shape index (κ3) is 3.40. The quantitative estimate of drug-likeness (QED) is 0.595. The lowest BCUT2D eigenvalue weighted by Crippen LogP contribution is -2.33.